The minimum Gasteiger partial charge on any atom is -0.0852 e. The first-order chi connectivity index (χ1) is 25.7. The Morgan fingerprint density at radius 1 is 0.423 bits per heavy atom. The van der Waals surface area contributed by atoms with Crippen molar-refractivity contribution in [3.05, 3.63) is 192 Å². The minimum atomic E-state index is -0.480. The van der Waals surface area contributed by atoms with Crippen LogP contribution >= 0.6 is 16.5 Å². The Balaban J connectivity index is 1.09. The SMILES string of the molecule is Cc1ccc2ccccc2c1-c1c(CPc2ccccc2P2Cc3ccc4ccccc4c3-c3c(ccc4ccccc34)C2)ccc2ccccc12. The van der Waals surface area contributed by atoms with Crippen molar-refractivity contribution in [3.63, 3.8) is 0 Å². The summed E-state index contributed by atoms with van der Waals surface area (Å²) >= 11 is 0. The number of hydrogen-bond donors (Lipinski definition) is 0. The molecular weight excluding hydrogens is 662 g/mol. The number of aryl methyl sites for hydroxylation is 1. The molecule has 10 rings (SSSR count). The number of hydrogen-bond acceptors (Lipinski definition) is 0. The number of benzene rings is 9. The van der Waals surface area contributed by atoms with Crippen LogP contribution < -0.4 is 10.6 Å². The molecule has 0 saturated carbocycles. The van der Waals surface area contributed by atoms with Crippen LogP contribution in [0.3, 0.4) is 0 Å². The maximum atomic E-state index is 2.46. The smallest absolute Gasteiger partial charge is 0.00232 e. The van der Waals surface area contributed by atoms with Crippen molar-refractivity contribution in [2.45, 2.75) is 25.4 Å². The van der Waals surface area contributed by atoms with E-state index in [4.69, 9.17) is 0 Å². The molecule has 0 bridgehead atoms. The highest BCUT2D eigenvalue weighted by Crippen LogP contribution is 2.53. The van der Waals surface area contributed by atoms with Crippen LogP contribution in [-0.4, -0.2) is 0 Å². The van der Waals surface area contributed by atoms with Gasteiger partial charge in [-0.25, -0.2) is 0 Å². The van der Waals surface area contributed by atoms with Crippen molar-refractivity contribution in [2.24, 2.45) is 0 Å². The second-order valence-electron chi connectivity index (χ2n) is 14.2. The van der Waals surface area contributed by atoms with Gasteiger partial charge in [-0.15, -0.1) is 0 Å². The predicted molar refractivity (Wildman–Crippen MR) is 231 cm³/mol. The monoisotopic (exact) mass is 700 g/mol. The lowest BCUT2D eigenvalue weighted by Gasteiger charge is -2.22. The maximum Gasteiger partial charge on any atom is -0.00232 e. The van der Waals surface area contributed by atoms with Gasteiger partial charge in [0.1, 0.15) is 0 Å². The molecule has 0 amide bonds. The fraction of sp³-hybridized carbons (Fsp3) is 0.0800. The summed E-state index contributed by atoms with van der Waals surface area (Å²) in [6.07, 6.45) is 3.21. The van der Waals surface area contributed by atoms with E-state index in [2.05, 4.69) is 177 Å². The Bertz CT molecular complexity index is 2740. The van der Waals surface area contributed by atoms with Crippen LogP contribution in [0.1, 0.15) is 22.3 Å². The zero-order valence-corrected chi connectivity index (χ0v) is 31.1. The first-order valence-corrected chi connectivity index (χ1v) is 21.2. The largest absolute Gasteiger partial charge is 0.0852 e. The van der Waals surface area contributed by atoms with E-state index >= 15 is 0 Å². The summed E-state index contributed by atoms with van der Waals surface area (Å²) in [5, 5.41) is 13.8. The van der Waals surface area contributed by atoms with Crippen molar-refractivity contribution in [1.29, 1.82) is 0 Å². The molecule has 0 radical (unpaired) electrons. The Morgan fingerprint density at radius 2 is 0.865 bits per heavy atom. The molecule has 1 atom stereocenters. The highest BCUT2D eigenvalue weighted by Gasteiger charge is 2.27. The van der Waals surface area contributed by atoms with E-state index < -0.39 is 7.92 Å². The lowest BCUT2D eigenvalue weighted by molar-refractivity contribution is 1.40. The van der Waals surface area contributed by atoms with Gasteiger partial charge in [0.05, 0.1) is 0 Å². The molecule has 1 unspecified atom stereocenters. The molecule has 1 aliphatic heterocycles. The van der Waals surface area contributed by atoms with E-state index in [-0.39, 0.29) is 0 Å². The van der Waals surface area contributed by atoms with Gasteiger partial charge < -0.3 is 0 Å². The van der Waals surface area contributed by atoms with E-state index in [1.54, 1.807) is 5.30 Å². The van der Waals surface area contributed by atoms with Crippen LogP contribution in [0, 0.1) is 6.92 Å². The summed E-state index contributed by atoms with van der Waals surface area (Å²) in [4.78, 5) is 0. The van der Waals surface area contributed by atoms with Crippen LogP contribution in [-0.2, 0) is 18.5 Å². The Labute approximate surface area is 308 Å². The van der Waals surface area contributed by atoms with E-state index in [9.17, 15) is 0 Å². The van der Waals surface area contributed by atoms with Gasteiger partial charge >= 0.3 is 0 Å². The summed E-state index contributed by atoms with van der Waals surface area (Å²) in [6.45, 7) is 2.28. The minimum absolute atomic E-state index is 0.480. The summed E-state index contributed by atoms with van der Waals surface area (Å²) in [5.74, 6) is 0. The van der Waals surface area contributed by atoms with E-state index in [0.717, 1.165) is 18.5 Å². The quantitative estimate of drug-likeness (QED) is 0.157. The van der Waals surface area contributed by atoms with Crippen molar-refractivity contribution >= 4 is 70.2 Å². The lowest BCUT2D eigenvalue weighted by atomic mass is 9.88. The molecule has 0 N–H and O–H groups in total. The molecule has 0 nitrogen and oxygen atoms in total. The average molecular weight is 701 g/mol. The topological polar surface area (TPSA) is 0 Å². The molecule has 9 aromatic carbocycles. The average Bonchev–Trinajstić information content (AvgIpc) is 3.38. The molecular formula is C50H38P2. The fourth-order valence-corrected chi connectivity index (χ4v) is 13.1. The summed E-state index contributed by atoms with van der Waals surface area (Å²) < 4.78 is 0. The van der Waals surface area contributed by atoms with Crippen molar-refractivity contribution in [2.75, 3.05) is 0 Å². The third-order valence-corrected chi connectivity index (χ3v) is 15.2. The third-order valence-electron chi connectivity index (χ3n) is 11.1. The number of fused-ring (bicyclic) bond motifs is 9. The zero-order chi connectivity index (χ0) is 34.6. The van der Waals surface area contributed by atoms with E-state index in [1.165, 1.54) is 92.9 Å². The third kappa shape index (κ3) is 5.37. The summed E-state index contributed by atoms with van der Waals surface area (Å²) in [5.41, 5.74) is 11.4. The molecule has 9 aromatic rings. The van der Waals surface area contributed by atoms with Crippen molar-refractivity contribution in [1.82, 2.24) is 0 Å². The van der Waals surface area contributed by atoms with Crippen LogP contribution in [0.4, 0.5) is 0 Å². The molecule has 0 spiro atoms. The van der Waals surface area contributed by atoms with E-state index in [0.29, 0.717) is 8.58 Å². The predicted octanol–water partition coefficient (Wildman–Crippen LogP) is 13.3. The summed E-state index contributed by atoms with van der Waals surface area (Å²) in [6, 6.07) is 64.1. The normalized spacial score (nSPS) is 13.2. The van der Waals surface area contributed by atoms with Gasteiger partial charge in [0.2, 0.25) is 0 Å². The lowest BCUT2D eigenvalue weighted by Crippen LogP contribution is -2.20. The molecule has 0 aromatic heterocycles. The van der Waals surface area contributed by atoms with Gasteiger partial charge in [0.25, 0.3) is 0 Å². The standard InChI is InChI=1S/C50H38P2/c1-33-22-23-34-12-2-6-16-41(34)47(33)48-38(27-24-35-13-3-7-17-42(35)48)30-51-45-20-10-11-21-46(45)52-31-39-28-25-36-14-4-8-18-43(36)49(39)50-40(32-52)29-26-37-15-5-9-19-44(37)50/h2-29,51H,30-32H2,1H3. The van der Waals surface area contributed by atoms with Gasteiger partial charge in [0.15, 0.2) is 0 Å². The summed E-state index contributed by atoms with van der Waals surface area (Å²) in [7, 11) is 0.200. The number of rotatable bonds is 5. The van der Waals surface area contributed by atoms with Gasteiger partial charge in [-0.2, -0.15) is 0 Å². The van der Waals surface area contributed by atoms with Gasteiger partial charge in [0, 0.05) is 0 Å². The van der Waals surface area contributed by atoms with Gasteiger partial charge in [-0.3, -0.25) is 0 Å². The molecule has 1 heterocycles. The molecule has 1 aliphatic rings. The molecule has 2 heteroatoms. The van der Waals surface area contributed by atoms with Crippen molar-refractivity contribution in [3.8, 4) is 22.3 Å². The fourth-order valence-electron chi connectivity index (χ4n) is 8.69. The van der Waals surface area contributed by atoms with Crippen molar-refractivity contribution < 1.29 is 0 Å². The zero-order valence-electron chi connectivity index (χ0n) is 29.2. The highest BCUT2D eigenvalue weighted by atomic mass is 31.1. The molecule has 248 valence electrons. The molecule has 0 saturated heterocycles. The first-order valence-electron chi connectivity index (χ1n) is 18.3. The van der Waals surface area contributed by atoms with Crippen LogP contribution in [0.2, 0.25) is 0 Å². The van der Waals surface area contributed by atoms with E-state index in [1.807, 2.05) is 0 Å². The second kappa shape index (κ2) is 13.1. The highest BCUT2D eigenvalue weighted by molar-refractivity contribution is 7.66. The van der Waals surface area contributed by atoms with Crippen LogP contribution in [0.5, 0.6) is 0 Å². The second-order valence-corrected chi connectivity index (χ2v) is 17.6. The Morgan fingerprint density at radius 3 is 1.44 bits per heavy atom. The maximum absolute atomic E-state index is 2.46. The molecule has 52 heavy (non-hydrogen) atoms. The van der Waals surface area contributed by atoms with Crippen LogP contribution in [0.25, 0.3) is 65.3 Å². The molecule has 0 aliphatic carbocycles. The Hall–Kier alpha value is -5.12. The first kappa shape index (κ1) is 31.6. The van der Waals surface area contributed by atoms with Gasteiger partial charge in [-0.05, 0) is 124 Å². The Kier molecular flexibility index (Phi) is 7.98. The molecule has 0 fully saturated rings. The van der Waals surface area contributed by atoms with Gasteiger partial charge in [-0.1, -0.05) is 186 Å². The van der Waals surface area contributed by atoms with Crippen LogP contribution in [0.15, 0.2) is 170 Å².